The van der Waals surface area contributed by atoms with E-state index >= 15 is 0 Å². The van der Waals surface area contributed by atoms with Gasteiger partial charge in [0.05, 0.1) is 0 Å². The molecule has 0 aliphatic carbocycles. The Bertz CT molecular complexity index is 861. The molecule has 2 rings (SSSR count). The maximum atomic E-state index is 13.0. The number of carbonyl (C=O) groups is 1. The van der Waals surface area contributed by atoms with Crippen LogP contribution in [0.25, 0.3) is 6.08 Å². The Balaban J connectivity index is 2.19. The number of ether oxygens (including phenoxy) is 1. The molecule has 138 valence electrons. The second-order valence-electron chi connectivity index (χ2n) is 6.68. The average molecular weight is 560 g/mol. The Morgan fingerprint density at radius 2 is 1.96 bits per heavy atom. The van der Waals surface area contributed by atoms with Crippen molar-refractivity contribution < 1.29 is 13.9 Å². The summed E-state index contributed by atoms with van der Waals surface area (Å²) in [5.74, 6) is -0.0131. The van der Waals surface area contributed by atoms with Crippen LogP contribution in [0, 0.1) is 11.2 Å². The van der Waals surface area contributed by atoms with Crippen LogP contribution in [-0.2, 0) is 4.74 Å². The molecule has 1 heterocycles. The summed E-state index contributed by atoms with van der Waals surface area (Å²) >= 11 is 0.467. The van der Waals surface area contributed by atoms with Crippen LogP contribution >= 0.6 is 0 Å². The quantitative estimate of drug-likeness (QED) is 0.380. The molecule has 0 fully saturated rings. The molecule has 0 radical (unpaired) electrons. The molecular weight excluding hydrogens is 540 g/mol. The van der Waals surface area contributed by atoms with Crippen molar-refractivity contribution >= 4 is 55.5 Å². The number of nitrogens with zero attached hydrogens (tertiary/aromatic N) is 1. The zero-order chi connectivity index (χ0) is 20.0. The summed E-state index contributed by atoms with van der Waals surface area (Å²) in [6, 6.07) is 7.61. The Kier molecular flexibility index (Phi) is 7.06. The molecule has 0 saturated carbocycles. The number of amides is 1. The third-order valence-corrected chi connectivity index (χ3v) is 4.50. The van der Waals surface area contributed by atoms with Crippen molar-refractivity contribution in [2.45, 2.75) is 26.4 Å². The summed E-state index contributed by atoms with van der Waals surface area (Å²) < 4.78 is 21.3. The molecule has 0 spiro atoms. The number of benzene rings is 1. The van der Waals surface area contributed by atoms with Crippen molar-refractivity contribution in [1.29, 1.82) is 5.41 Å². The van der Waals surface area contributed by atoms with Gasteiger partial charge in [-0.25, -0.2) is 0 Å². The van der Waals surface area contributed by atoms with Crippen LogP contribution in [0.3, 0.4) is 0 Å². The molecule has 0 aliphatic heterocycles. The predicted octanol–water partition coefficient (Wildman–Crippen LogP) is 4.14. The van der Waals surface area contributed by atoms with E-state index in [1.165, 1.54) is 12.1 Å². The van der Waals surface area contributed by atoms with Crippen molar-refractivity contribution in [2.75, 3.05) is 8.44 Å². The molecule has 0 aliphatic rings. The molecular formula is C19H20FN4O2Tl. The number of anilines is 2. The summed E-state index contributed by atoms with van der Waals surface area (Å²) in [7, 11) is 0. The van der Waals surface area contributed by atoms with Gasteiger partial charge in [0.2, 0.25) is 0 Å². The minimum atomic E-state index is -0.616. The fourth-order valence-electron chi connectivity index (χ4n) is 2.11. The average Bonchev–Trinajstić information content (AvgIpc) is 2.59. The van der Waals surface area contributed by atoms with Gasteiger partial charge < -0.3 is 0 Å². The van der Waals surface area contributed by atoms with E-state index in [-0.39, 0.29) is 11.5 Å². The predicted molar refractivity (Wildman–Crippen MR) is 106 cm³/mol. The monoisotopic (exact) mass is 560 g/mol. The van der Waals surface area contributed by atoms with Gasteiger partial charge in [-0.2, -0.15) is 0 Å². The first-order chi connectivity index (χ1) is 12.7. The molecule has 8 heteroatoms. The van der Waals surface area contributed by atoms with Crippen LogP contribution in [0.15, 0.2) is 42.6 Å². The third kappa shape index (κ3) is 6.74. The van der Waals surface area contributed by atoms with E-state index in [0.717, 1.165) is 5.56 Å². The fraction of sp³-hybridized carbons (Fsp3) is 0.211. The van der Waals surface area contributed by atoms with E-state index in [4.69, 9.17) is 10.1 Å². The molecule has 1 amide bonds. The molecule has 0 atom stereocenters. The molecule has 1 aromatic carbocycles. The van der Waals surface area contributed by atoms with Gasteiger partial charge in [-0.05, 0) is 0 Å². The minimum absolute atomic E-state index is 0.233. The standard InChI is InChI=1S/C19H21FN4O2.Tl/c1-19(2,3)26-18(25)24-17-10-14(16(22)11-23-17)15(21)9-6-12-4-7-13(20)8-5-12;/h4-11H,1-3H3,(H4,21,22,23,24,25);/q;+1/p-1/b9-6+;. The molecule has 6 nitrogen and oxygen atoms in total. The Morgan fingerprint density at radius 3 is 2.56 bits per heavy atom. The molecule has 0 unspecified atom stereocenters. The topological polar surface area (TPSA) is 87.1 Å². The first kappa shape index (κ1) is 21.0. The van der Waals surface area contributed by atoms with E-state index < -0.39 is 11.7 Å². The number of nitrogens with one attached hydrogen (secondary N) is 3. The molecule has 3 N–H and O–H groups in total. The number of halogens is 1. The maximum absolute atomic E-state index is 13.0. The number of pyridine rings is 1. The number of carbonyl (C=O) groups excluding carboxylic acids is 1. The summed E-state index contributed by atoms with van der Waals surface area (Å²) in [5.41, 5.74) is 1.71. The molecule has 0 saturated heterocycles. The first-order valence-corrected chi connectivity index (χ1v) is 10.4. The van der Waals surface area contributed by atoms with Gasteiger partial charge in [0.15, 0.2) is 0 Å². The van der Waals surface area contributed by atoms with Crippen LogP contribution in [0.1, 0.15) is 31.9 Å². The number of hydrogen-bond donors (Lipinski definition) is 3. The summed E-state index contributed by atoms with van der Waals surface area (Å²) in [6.07, 6.45) is 4.30. The SMILES string of the molecule is CC(C)(C)OC(=O)Nc1cc(C(=N)/C=C/c2ccc(F)cc2)c([NH][Tl])cn1. The van der Waals surface area contributed by atoms with Gasteiger partial charge in [-0.1, -0.05) is 0 Å². The van der Waals surface area contributed by atoms with Gasteiger partial charge in [-0.15, -0.1) is 0 Å². The zero-order valence-electron chi connectivity index (χ0n) is 15.3. The zero-order valence-corrected chi connectivity index (χ0v) is 19.8. The first-order valence-electron chi connectivity index (χ1n) is 8.17. The van der Waals surface area contributed by atoms with Gasteiger partial charge >= 0.3 is 174 Å². The van der Waals surface area contributed by atoms with Crippen LogP contribution < -0.4 is 8.44 Å². The Labute approximate surface area is 173 Å². The van der Waals surface area contributed by atoms with E-state index in [0.29, 0.717) is 43.1 Å². The Morgan fingerprint density at radius 1 is 1.30 bits per heavy atom. The molecule has 0 bridgehead atoms. The number of allylic oxidation sites excluding steroid dienone is 1. The number of aromatic nitrogens is 1. The fourth-order valence-corrected chi connectivity index (χ4v) is 3.01. The van der Waals surface area contributed by atoms with E-state index in [9.17, 15) is 9.18 Å². The summed E-state index contributed by atoms with van der Waals surface area (Å²) in [4.78, 5) is 16.1. The summed E-state index contributed by atoms with van der Waals surface area (Å²) in [5, 5.41) is 10.9. The van der Waals surface area contributed by atoms with Crippen LogP contribution in [0.5, 0.6) is 0 Å². The third-order valence-electron chi connectivity index (χ3n) is 3.29. The second kappa shape index (κ2) is 9.07. The normalized spacial score (nSPS) is 11.2. The van der Waals surface area contributed by atoms with Crippen LogP contribution in [-0.4, -0.2) is 48.5 Å². The van der Waals surface area contributed by atoms with Crippen molar-refractivity contribution in [2.24, 2.45) is 0 Å². The van der Waals surface area contributed by atoms with Gasteiger partial charge in [0, 0.05) is 0 Å². The van der Waals surface area contributed by atoms with Crippen LogP contribution in [0.4, 0.5) is 20.7 Å². The second-order valence-corrected chi connectivity index (χ2v) is 7.81. The van der Waals surface area contributed by atoms with E-state index in [1.807, 2.05) is 0 Å². The van der Waals surface area contributed by atoms with Gasteiger partial charge in [0.25, 0.3) is 0 Å². The van der Waals surface area contributed by atoms with Crippen LogP contribution in [0.2, 0.25) is 0 Å². The van der Waals surface area contributed by atoms with Gasteiger partial charge in [-0.3, -0.25) is 0 Å². The molecule has 1 aromatic heterocycles. The van der Waals surface area contributed by atoms with E-state index in [2.05, 4.69) is 13.4 Å². The Hall–Kier alpha value is -2.30. The molecule has 2 aromatic rings. The van der Waals surface area contributed by atoms with E-state index in [1.54, 1.807) is 57.3 Å². The van der Waals surface area contributed by atoms with Gasteiger partial charge in [0.1, 0.15) is 0 Å². The van der Waals surface area contributed by atoms with Crippen molar-refractivity contribution in [1.82, 2.24) is 4.98 Å². The summed E-state index contributed by atoms with van der Waals surface area (Å²) in [6.45, 7) is 5.32. The van der Waals surface area contributed by atoms with Crippen molar-refractivity contribution in [3.8, 4) is 0 Å². The molecule has 27 heavy (non-hydrogen) atoms. The van der Waals surface area contributed by atoms with Crippen molar-refractivity contribution in [3.05, 3.63) is 59.5 Å². The number of hydrogen-bond acceptors (Lipinski definition) is 5. The van der Waals surface area contributed by atoms with Crippen molar-refractivity contribution in [3.63, 3.8) is 0 Å². The number of rotatable bonds is 5.